The lowest BCUT2D eigenvalue weighted by Gasteiger charge is -2.31. The molecule has 27 heavy (non-hydrogen) atoms. The van der Waals surface area contributed by atoms with Crippen LogP contribution in [-0.2, 0) is 11.2 Å². The van der Waals surface area contributed by atoms with Gasteiger partial charge in [0.1, 0.15) is 0 Å². The Labute approximate surface area is 176 Å². The van der Waals surface area contributed by atoms with Crippen LogP contribution in [0.4, 0.5) is 5.69 Å². The van der Waals surface area contributed by atoms with Crippen LogP contribution in [0.15, 0.2) is 24.3 Å². The van der Waals surface area contributed by atoms with Crippen molar-refractivity contribution in [2.75, 3.05) is 57.8 Å². The highest BCUT2D eigenvalue weighted by molar-refractivity contribution is 5.85. The molecule has 1 saturated heterocycles. The molecule has 0 bridgehead atoms. The molecule has 1 aromatic rings. The summed E-state index contributed by atoms with van der Waals surface area (Å²) >= 11 is 0. The number of piperidine rings is 1. The van der Waals surface area contributed by atoms with E-state index in [4.69, 9.17) is 0 Å². The molecule has 1 aromatic carbocycles. The molecule has 7 heteroatoms. The molecule has 2 aliphatic rings. The Hall–Kier alpha value is -1.01. The van der Waals surface area contributed by atoms with Crippen LogP contribution >= 0.6 is 24.8 Å². The van der Waals surface area contributed by atoms with Gasteiger partial charge in [-0.1, -0.05) is 18.2 Å². The average Bonchev–Trinajstić information content (AvgIpc) is 3.04. The lowest BCUT2D eigenvalue weighted by atomic mass is 9.93. The lowest BCUT2D eigenvalue weighted by Crippen LogP contribution is -2.43. The first-order valence-corrected chi connectivity index (χ1v) is 9.73. The molecule has 0 radical (unpaired) electrons. The van der Waals surface area contributed by atoms with Gasteiger partial charge in [-0.05, 0) is 69.9 Å². The summed E-state index contributed by atoms with van der Waals surface area (Å²) < 4.78 is 0. The minimum atomic E-state index is 0. The van der Waals surface area contributed by atoms with Crippen LogP contribution < -0.4 is 15.5 Å². The van der Waals surface area contributed by atoms with Gasteiger partial charge in [-0.3, -0.25) is 9.69 Å². The molecule has 0 saturated carbocycles. The predicted molar refractivity (Wildman–Crippen MR) is 118 cm³/mol. The van der Waals surface area contributed by atoms with Gasteiger partial charge in [0.15, 0.2) is 0 Å². The zero-order valence-electron chi connectivity index (χ0n) is 16.3. The molecule has 0 aromatic heterocycles. The second kappa shape index (κ2) is 12.4. The summed E-state index contributed by atoms with van der Waals surface area (Å²) in [5, 5.41) is 6.33. The number of benzene rings is 1. The quantitative estimate of drug-likeness (QED) is 0.682. The summed E-state index contributed by atoms with van der Waals surface area (Å²) in [6.07, 6.45) is 4.82. The summed E-state index contributed by atoms with van der Waals surface area (Å²) in [6, 6.07) is 8.58. The molecule has 0 spiro atoms. The molecule has 0 unspecified atom stereocenters. The summed E-state index contributed by atoms with van der Waals surface area (Å²) in [7, 11) is 2.01. The monoisotopic (exact) mass is 416 g/mol. The van der Waals surface area contributed by atoms with Crippen molar-refractivity contribution in [3.8, 4) is 0 Å². The van der Waals surface area contributed by atoms with E-state index in [0.29, 0.717) is 6.54 Å². The summed E-state index contributed by atoms with van der Waals surface area (Å²) in [6.45, 7) is 6.46. The van der Waals surface area contributed by atoms with E-state index in [9.17, 15) is 4.79 Å². The van der Waals surface area contributed by atoms with E-state index >= 15 is 0 Å². The Morgan fingerprint density at radius 3 is 2.59 bits per heavy atom. The van der Waals surface area contributed by atoms with E-state index in [-0.39, 0.29) is 30.7 Å². The average molecular weight is 417 g/mol. The fourth-order valence-electron chi connectivity index (χ4n) is 4.01. The number of para-hydroxylation sites is 1. The predicted octanol–water partition coefficient (Wildman–Crippen LogP) is 2.33. The molecule has 1 amide bonds. The standard InChI is InChI=1S/C20H32N4O.2ClH/c1-21-10-6-17-7-12-23(13-8-17)16-20(25)22-11-15-24-14-9-18-4-2-3-5-19(18)24;;/h2-5,17,21H,6-16H2,1H3,(H,22,25);2*1H. The Morgan fingerprint density at radius 2 is 1.85 bits per heavy atom. The van der Waals surface area contributed by atoms with Crippen molar-refractivity contribution in [1.29, 1.82) is 0 Å². The molecule has 1 fully saturated rings. The number of anilines is 1. The maximum atomic E-state index is 12.2. The first kappa shape index (κ1) is 24.0. The SMILES string of the molecule is CNCCC1CCN(CC(=O)NCCN2CCc3ccccc32)CC1.Cl.Cl. The molecule has 0 aliphatic carbocycles. The Morgan fingerprint density at radius 1 is 1.11 bits per heavy atom. The highest BCUT2D eigenvalue weighted by Gasteiger charge is 2.21. The number of fused-ring (bicyclic) bond motifs is 1. The summed E-state index contributed by atoms with van der Waals surface area (Å²) in [5.41, 5.74) is 2.76. The van der Waals surface area contributed by atoms with Crippen molar-refractivity contribution in [2.45, 2.75) is 25.7 Å². The van der Waals surface area contributed by atoms with Gasteiger partial charge in [-0.25, -0.2) is 0 Å². The largest absolute Gasteiger partial charge is 0.369 e. The van der Waals surface area contributed by atoms with Crippen molar-refractivity contribution in [3.63, 3.8) is 0 Å². The zero-order valence-corrected chi connectivity index (χ0v) is 17.9. The van der Waals surface area contributed by atoms with Crippen molar-refractivity contribution in [1.82, 2.24) is 15.5 Å². The van der Waals surface area contributed by atoms with Gasteiger partial charge in [-0.2, -0.15) is 0 Å². The van der Waals surface area contributed by atoms with Gasteiger partial charge in [0.2, 0.25) is 5.91 Å². The van der Waals surface area contributed by atoms with E-state index in [1.165, 1.54) is 30.5 Å². The third kappa shape index (κ3) is 7.15. The van der Waals surface area contributed by atoms with E-state index in [1.807, 2.05) is 7.05 Å². The van der Waals surface area contributed by atoms with Crippen molar-refractivity contribution < 1.29 is 4.79 Å². The summed E-state index contributed by atoms with van der Waals surface area (Å²) in [4.78, 5) is 16.9. The van der Waals surface area contributed by atoms with Crippen LogP contribution in [-0.4, -0.2) is 63.7 Å². The number of hydrogen-bond acceptors (Lipinski definition) is 4. The van der Waals surface area contributed by atoms with E-state index < -0.39 is 0 Å². The van der Waals surface area contributed by atoms with Crippen molar-refractivity contribution in [2.24, 2.45) is 5.92 Å². The first-order valence-electron chi connectivity index (χ1n) is 9.73. The van der Waals surface area contributed by atoms with Crippen LogP contribution in [0.25, 0.3) is 0 Å². The second-order valence-corrected chi connectivity index (χ2v) is 7.33. The van der Waals surface area contributed by atoms with Gasteiger partial charge in [0.25, 0.3) is 0 Å². The number of carbonyl (C=O) groups excluding carboxylic acids is 1. The van der Waals surface area contributed by atoms with E-state index in [1.54, 1.807) is 0 Å². The molecule has 5 nitrogen and oxygen atoms in total. The number of amides is 1. The third-order valence-electron chi connectivity index (χ3n) is 5.56. The van der Waals surface area contributed by atoms with Crippen LogP contribution in [0.5, 0.6) is 0 Å². The fourth-order valence-corrected chi connectivity index (χ4v) is 4.01. The Bertz CT molecular complexity index is 565. The van der Waals surface area contributed by atoms with Crippen molar-refractivity contribution >= 4 is 36.4 Å². The van der Waals surface area contributed by atoms with Crippen LogP contribution in [0.2, 0.25) is 0 Å². The fraction of sp³-hybridized carbons (Fsp3) is 0.650. The van der Waals surface area contributed by atoms with Gasteiger partial charge >= 0.3 is 0 Å². The zero-order chi connectivity index (χ0) is 17.5. The minimum absolute atomic E-state index is 0. The number of nitrogens with one attached hydrogen (secondary N) is 2. The molecule has 154 valence electrons. The number of halogens is 2. The highest BCUT2D eigenvalue weighted by atomic mass is 35.5. The van der Waals surface area contributed by atoms with Crippen molar-refractivity contribution in [3.05, 3.63) is 29.8 Å². The maximum absolute atomic E-state index is 12.2. The van der Waals surface area contributed by atoms with Crippen LogP contribution in [0, 0.1) is 5.92 Å². The molecule has 2 N–H and O–H groups in total. The molecule has 0 atom stereocenters. The van der Waals surface area contributed by atoms with E-state index in [0.717, 1.165) is 51.6 Å². The third-order valence-corrected chi connectivity index (χ3v) is 5.56. The van der Waals surface area contributed by atoms with Gasteiger partial charge in [0, 0.05) is 25.3 Å². The van der Waals surface area contributed by atoms with Gasteiger partial charge in [0.05, 0.1) is 6.54 Å². The molecule has 3 rings (SSSR count). The number of hydrogen-bond donors (Lipinski definition) is 2. The van der Waals surface area contributed by atoms with E-state index in [2.05, 4.69) is 44.7 Å². The van der Waals surface area contributed by atoms with Gasteiger partial charge < -0.3 is 15.5 Å². The Balaban J connectivity index is 0.00000182. The number of rotatable bonds is 8. The van der Waals surface area contributed by atoms with Gasteiger partial charge in [-0.15, -0.1) is 24.8 Å². The number of nitrogens with zero attached hydrogens (tertiary/aromatic N) is 2. The number of carbonyl (C=O) groups is 1. The topological polar surface area (TPSA) is 47.6 Å². The molecular weight excluding hydrogens is 383 g/mol. The highest BCUT2D eigenvalue weighted by Crippen LogP contribution is 2.26. The molecule has 2 heterocycles. The Kier molecular flexibility index (Phi) is 11.1. The number of likely N-dealkylation sites (tertiary alicyclic amines) is 1. The normalized spacial score (nSPS) is 17.0. The molecule has 2 aliphatic heterocycles. The lowest BCUT2D eigenvalue weighted by molar-refractivity contribution is -0.122. The first-order chi connectivity index (χ1) is 12.3. The maximum Gasteiger partial charge on any atom is 0.234 e. The van der Waals surface area contributed by atoms with Crippen LogP contribution in [0.3, 0.4) is 0 Å². The van der Waals surface area contributed by atoms with Crippen LogP contribution in [0.1, 0.15) is 24.8 Å². The summed E-state index contributed by atoms with van der Waals surface area (Å²) in [5.74, 6) is 0.989. The minimum Gasteiger partial charge on any atom is -0.369 e. The smallest absolute Gasteiger partial charge is 0.234 e. The molecular formula is C20H34Cl2N4O. The second-order valence-electron chi connectivity index (χ2n) is 7.33.